The van der Waals surface area contributed by atoms with Crippen molar-refractivity contribution in [3.05, 3.63) is 18.3 Å². The van der Waals surface area contributed by atoms with Crippen LogP contribution in [0.4, 0.5) is 5.82 Å². The summed E-state index contributed by atoms with van der Waals surface area (Å²) in [5, 5.41) is 0. The van der Waals surface area contributed by atoms with E-state index in [1.807, 2.05) is 4.90 Å². The average Bonchev–Trinajstić information content (AvgIpc) is 2.47. The lowest BCUT2D eigenvalue weighted by Crippen LogP contribution is -2.49. The fourth-order valence-electron chi connectivity index (χ4n) is 2.19. The summed E-state index contributed by atoms with van der Waals surface area (Å²) >= 11 is 0. The molecule has 92 valence electrons. The molecule has 2 aliphatic rings. The molecule has 0 spiro atoms. The van der Waals surface area contributed by atoms with Gasteiger partial charge in [-0.05, 0) is 12.1 Å². The molecule has 0 radical (unpaired) electrons. The lowest BCUT2D eigenvalue weighted by molar-refractivity contribution is 0.0950. The van der Waals surface area contributed by atoms with E-state index in [1.54, 1.807) is 18.3 Å². The quantitative estimate of drug-likeness (QED) is 0.681. The Hall–Kier alpha value is -1.18. The smallest absolute Gasteiger partial charge is 0.244 e. The van der Waals surface area contributed by atoms with Gasteiger partial charge in [-0.2, -0.15) is 0 Å². The average molecular weight is 255 g/mol. The Morgan fingerprint density at radius 3 is 3.29 bits per heavy atom. The van der Waals surface area contributed by atoms with E-state index in [0.29, 0.717) is 32.1 Å². The second kappa shape index (κ2) is 3.94. The van der Waals surface area contributed by atoms with Crippen molar-refractivity contribution in [2.45, 2.75) is 10.9 Å². The third kappa shape index (κ3) is 1.80. The molecule has 17 heavy (non-hydrogen) atoms. The largest absolute Gasteiger partial charge is 0.377 e. The first-order valence-corrected chi connectivity index (χ1v) is 6.96. The van der Waals surface area contributed by atoms with E-state index in [2.05, 4.69) is 9.71 Å². The summed E-state index contributed by atoms with van der Waals surface area (Å²) in [6.07, 6.45) is 1.62. The summed E-state index contributed by atoms with van der Waals surface area (Å²) < 4.78 is 32.0. The van der Waals surface area contributed by atoms with Crippen LogP contribution in [0.2, 0.25) is 0 Å². The molecule has 0 amide bonds. The monoisotopic (exact) mass is 255 g/mol. The third-order valence-electron chi connectivity index (χ3n) is 3.05. The molecule has 1 aromatic rings. The van der Waals surface area contributed by atoms with Crippen LogP contribution in [0.3, 0.4) is 0 Å². The second-order valence-corrected chi connectivity index (χ2v) is 5.83. The van der Waals surface area contributed by atoms with E-state index in [9.17, 15) is 8.42 Å². The Labute approximate surface area is 99.6 Å². The molecule has 3 heterocycles. The van der Waals surface area contributed by atoms with Gasteiger partial charge in [0.05, 0.1) is 19.3 Å². The molecule has 0 saturated carbocycles. The number of hydrogen-bond acceptors (Lipinski definition) is 5. The summed E-state index contributed by atoms with van der Waals surface area (Å²) in [7, 11) is -3.45. The summed E-state index contributed by atoms with van der Waals surface area (Å²) in [6.45, 7) is 2.16. The van der Waals surface area contributed by atoms with Crippen LogP contribution in [0.1, 0.15) is 0 Å². The van der Waals surface area contributed by atoms with Crippen LogP contribution < -0.4 is 9.62 Å². The number of rotatable bonds is 0. The molecule has 1 N–H and O–H groups in total. The molecule has 2 aliphatic heterocycles. The molecule has 1 saturated heterocycles. The van der Waals surface area contributed by atoms with Gasteiger partial charge in [0.15, 0.2) is 0 Å². The molecule has 0 aliphatic carbocycles. The topological polar surface area (TPSA) is 71.5 Å². The van der Waals surface area contributed by atoms with Crippen LogP contribution in [0, 0.1) is 0 Å². The Balaban J connectivity index is 2.15. The second-order valence-electron chi connectivity index (χ2n) is 4.10. The molecule has 1 fully saturated rings. The highest BCUT2D eigenvalue weighted by atomic mass is 32.2. The van der Waals surface area contributed by atoms with Crippen molar-refractivity contribution in [1.29, 1.82) is 0 Å². The highest BCUT2D eigenvalue weighted by molar-refractivity contribution is 7.89. The first-order valence-electron chi connectivity index (χ1n) is 5.47. The SMILES string of the molecule is O=S1(=O)NC[C@H]2COCCN2c2ncccc21. The standard InChI is InChI=1S/C10H13N3O3S/c14-17(15)9-2-1-3-11-10(9)13-4-5-16-7-8(13)6-12-17/h1-3,8,12H,4-7H2/t8-/m0/s1. The molecular formula is C10H13N3O3S. The van der Waals surface area contributed by atoms with Crippen LogP contribution >= 0.6 is 0 Å². The summed E-state index contributed by atoms with van der Waals surface area (Å²) in [6, 6.07) is 3.25. The van der Waals surface area contributed by atoms with Crippen molar-refractivity contribution < 1.29 is 13.2 Å². The third-order valence-corrected chi connectivity index (χ3v) is 4.49. The van der Waals surface area contributed by atoms with Crippen LogP contribution in [0.15, 0.2) is 23.2 Å². The van der Waals surface area contributed by atoms with Gasteiger partial charge in [-0.3, -0.25) is 0 Å². The normalized spacial score (nSPS) is 26.8. The minimum Gasteiger partial charge on any atom is -0.377 e. The van der Waals surface area contributed by atoms with Crippen molar-refractivity contribution in [3.8, 4) is 0 Å². The van der Waals surface area contributed by atoms with Crippen LogP contribution in [-0.2, 0) is 14.8 Å². The number of pyridine rings is 1. The van der Waals surface area contributed by atoms with Gasteiger partial charge in [0.25, 0.3) is 0 Å². The minimum absolute atomic E-state index is 0.0228. The fourth-order valence-corrected chi connectivity index (χ4v) is 3.43. The molecule has 7 heteroatoms. The van der Waals surface area contributed by atoms with Crippen LogP contribution in [0.5, 0.6) is 0 Å². The van der Waals surface area contributed by atoms with Gasteiger partial charge in [0, 0.05) is 19.3 Å². The summed E-state index contributed by atoms with van der Waals surface area (Å²) in [5.74, 6) is 0.533. The zero-order valence-corrected chi connectivity index (χ0v) is 9.98. The maximum absolute atomic E-state index is 12.0. The van der Waals surface area contributed by atoms with Crippen molar-refractivity contribution in [2.75, 3.05) is 31.2 Å². The highest BCUT2D eigenvalue weighted by Crippen LogP contribution is 2.27. The number of anilines is 1. The molecule has 0 bridgehead atoms. The molecule has 6 nitrogen and oxygen atoms in total. The molecule has 0 unspecified atom stereocenters. The van der Waals surface area contributed by atoms with Gasteiger partial charge in [0.1, 0.15) is 10.7 Å². The fraction of sp³-hybridized carbons (Fsp3) is 0.500. The van der Waals surface area contributed by atoms with E-state index in [-0.39, 0.29) is 10.9 Å². The first-order chi connectivity index (χ1) is 8.18. The highest BCUT2D eigenvalue weighted by Gasteiger charge is 2.33. The maximum atomic E-state index is 12.0. The van der Waals surface area contributed by atoms with Gasteiger partial charge in [-0.15, -0.1) is 0 Å². The van der Waals surface area contributed by atoms with E-state index in [0.717, 1.165) is 0 Å². The van der Waals surface area contributed by atoms with Gasteiger partial charge in [0.2, 0.25) is 10.0 Å². The Morgan fingerprint density at radius 1 is 1.53 bits per heavy atom. The van der Waals surface area contributed by atoms with Crippen LogP contribution in [0.25, 0.3) is 0 Å². The minimum atomic E-state index is -3.45. The maximum Gasteiger partial charge on any atom is 0.244 e. The summed E-state index contributed by atoms with van der Waals surface area (Å²) in [4.78, 5) is 6.47. The van der Waals surface area contributed by atoms with Crippen molar-refractivity contribution in [3.63, 3.8) is 0 Å². The van der Waals surface area contributed by atoms with E-state index in [1.165, 1.54) is 0 Å². The number of aromatic nitrogens is 1. The van der Waals surface area contributed by atoms with Crippen molar-refractivity contribution >= 4 is 15.8 Å². The molecule has 0 aromatic carbocycles. The van der Waals surface area contributed by atoms with E-state index >= 15 is 0 Å². The summed E-state index contributed by atoms with van der Waals surface area (Å²) in [5.41, 5.74) is 0. The van der Waals surface area contributed by atoms with E-state index in [4.69, 9.17) is 4.74 Å². The van der Waals surface area contributed by atoms with Crippen molar-refractivity contribution in [1.82, 2.24) is 9.71 Å². The van der Waals surface area contributed by atoms with E-state index < -0.39 is 10.0 Å². The Kier molecular flexibility index (Phi) is 2.53. The van der Waals surface area contributed by atoms with Gasteiger partial charge >= 0.3 is 0 Å². The Morgan fingerprint density at radius 2 is 2.41 bits per heavy atom. The number of sulfonamides is 1. The molecular weight excluding hydrogens is 242 g/mol. The first kappa shape index (κ1) is 10.9. The van der Waals surface area contributed by atoms with Gasteiger partial charge in [-0.25, -0.2) is 18.1 Å². The zero-order chi connectivity index (χ0) is 11.9. The molecule has 1 atom stereocenters. The van der Waals surface area contributed by atoms with Crippen LogP contribution in [-0.4, -0.2) is 45.7 Å². The number of hydrogen-bond donors (Lipinski definition) is 1. The number of fused-ring (bicyclic) bond motifs is 3. The Bertz CT molecular complexity index is 531. The molecule has 3 rings (SSSR count). The zero-order valence-electron chi connectivity index (χ0n) is 9.17. The van der Waals surface area contributed by atoms with Crippen molar-refractivity contribution in [2.24, 2.45) is 0 Å². The lowest BCUT2D eigenvalue weighted by Gasteiger charge is -2.34. The van der Waals surface area contributed by atoms with Gasteiger partial charge in [-0.1, -0.05) is 0 Å². The number of nitrogens with zero attached hydrogens (tertiary/aromatic N) is 2. The number of nitrogens with one attached hydrogen (secondary N) is 1. The predicted octanol–water partition coefficient (Wildman–Crippen LogP) is -0.421. The predicted molar refractivity (Wildman–Crippen MR) is 61.4 cm³/mol. The molecule has 1 aromatic heterocycles. The number of morpholine rings is 1. The lowest BCUT2D eigenvalue weighted by atomic mass is 10.2. The number of ether oxygens (including phenoxy) is 1. The van der Waals surface area contributed by atoms with Gasteiger partial charge < -0.3 is 9.64 Å².